The molecule has 10 aromatic carbocycles. The second-order valence-corrected chi connectivity index (χ2v) is 65.7. The lowest BCUT2D eigenvalue weighted by Crippen LogP contribution is -2.67. The summed E-state index contributed by atoms with van der Waals surface area (Å²) in [7, 11) is -5.79. The van der Waals surface area contributed by atoms with Crippen LogP contribution in [0.5, 0.6) is 0 Å². The van der Waals surface area contributed by atoms with Gasteiger partial charge >= 0.3 is 0 Å². The summed E-state index contributed by atoms with van der Waals surface area (Å²) in [5, 5.41) is 0. The quantitative estimate of drug-likeness (QED) is 0.0892. The van der Waals surface area contributed by atoms with Gasteiger partial charge in [0, 0.05) is 101 Å². The van der Waals surface area contributed by atoms with Gasteiger partial charge in [0.05, 0.1) is 0 Å². The molecule has 0 bridgehead atoms. The Kier molecular flexibility index (Phi) is 26.5. The maximum absolute atomic E-state index is 2.97. The molecule has 14 atom stereocenters. The smallest absolute Gasteiger partial charge is 0.127 e. The third-order valence-corrected chi connectivity index (χ3v) is 49.8. The second-order valence-electron chi connectivity index (χ2n) is 52.4. The molecule has 0 N–H and O–H groups in total. The van der Waals surface area contributed by atoms with E-state index in [1.54, 1.807) is 11.1 Å². The van der Waals surface area contributed by atoms with E-state index in [4.69, 9.17) is 0 Å². The number of hydrogen-bond acceptors (Lipinski definition) is 6. The van der Waals surface area contributed by atoms with Crippen LogP contribution in [0.25, 0.3) is 16.7 Å². The molecule has 14 unspecified atom stereocenters. The summed E-state index contributed by atoms with van der Waals surface area (Å²) < 4.78 is 8.88. The Hall–Kier alpha value is -9.43. The molecule has 0 aliphatic heterocycles. The third-order valence-electron chi connectivity index (χ3n) is 34.6. The SMILES string of the molecule is CC1C(C)C([Si](C)(C)N(C(C)(C)C)C(C)(C)C)C2C=C3C(=CC12)C(C)(C)c1cc(N(c2ccccc2)c2ccccc2)ccc13.CC1C(c2ccccc2)C2C=C3C(=CC2C1[Si](C)(C)N(C(C)(C)C)C(C)(C)C)c1ccc(N(c2ccccc2)c2ccccc2)cc1C3(C)C.CC1CC2C=C3C(=CC2C1[Si](C)(C)N(C(C)(C)C)C(C)(C)C)c1ccc(N(c2ccccc2)c2ccccc2)cc1C3(C)C. The molecule has 0 saturated heterocycles. The molecular formula is C130H168N6Si3. The predicted molar refractivity (Wildman–Crippen MR) is 610 cm³/mol. The minimum atomic E-state index is -2.03. The van der Waals surface area contributed by atoms with Gasteiger partial charge in [0.15, 0.2) is 0 Å². The maximum atomic E-state index is 2.97. The fourth-order valence-electron chi connectivity index (χ4n) is 32.5. The van der Waals surface area contributed by atoms with E-state index in [1.165, 1.54) is 119 Å². The van der Waals surface area contributed by atoms with Crippen molar-refractivity contribution in [3.05, 3.63) is 359 Å². The highest BCUT2D eigenvalue weighted by Gasteiger charge is 2.63. The number of benzene rings is 10. The van der Waals surface area contributed by atoms with E-state index in [2.05, 4.69) is 565 Å². The largest absolute Gasteiger partial charge is 0.314 e. The van der Waals surface area contributed by atoms with Crippen molar-refractivity contribution in [3.63, 3.8) is 0 Å². The normalized spacial score (nSPS) is 24.8. The predicted octanol–water partition coefficient (Wildman–Crippen LogP) is 36.2. The van der Waals surface area contributed by atoms with Gasteiger partial charge in [0.2, 0.25) is 0 Å². The summed E-state index contributed by atoms with van der Waals surface area (Å²) >= 11 is 0. The molecule has 0 amide bonds. The van der Waals surface area contributed by atoms with Crippen LogP contribution in [0, 0.1) is 59.2 Å². The summed E-state index contributed by atoms with van der Waals surface area (Å²) in [4.78, 5) is 7.20. The van der Waals surface area contributed by atoms with Gasteiger partial charge in [-0.05, 0) is 394 Å². The molecule has 9 aliphatic rings. The van der Waals surface area contributed by atoms with Crippen molar-refractivity contribution < 1.29 is 0 Å². The first kappa shape index (κ1) is 101. The van der Waals surface area contributed by atoms with Crippen LogP contribution in [0.3, 0.4) is 0 Å². The number of allylic oxidation sites excluding steroid dienone is 12. The van der Waals surface area contributed by atoms with Gasteiger partial charge < -0.3 is 28.4 Å². The fraction of sp³-hybridized carbons (Fsp3) is 0.446. The van der Waals surface area contributed by atoms with E-state index in [1.807, 2.05) is 0 Å². The number of para-hydroxylation sites is 6. The standard InChI is InChI=1S/C47H58N2Si.C42H56N2Si.C41H54N2Si/c1-32-43(33-21-15-12-16-22-33)39-31-42-38(30-40(39)44(32)50(10,11)49(45(2,3)4)46(5,6)7)37-28-27-36(29-41(37)47(42,8)9)48(34-23-17-13-18-24-34)35-25-19-14-20-26-35;1-28-29(2)39(45(11,12)44(40(3,4)5)41(6,7)8)36-26-35-33-24-23-32(25-37(33)42(9,10)38(35)27-34(28)36)43(30-19-15-13-16-20-30)31-21-17-14-18-22-31;1-28-24-29-25-36-35(27-34(29)38(28)44(10,11)43(39(2,3)4)40(5,6)7)33-23-22-32(26-37(33)41(36,8)9)42(30-18-14-12-15-19-30)31-20-16-13-17-21-31/h12-32,39-40,43-44H,1-11H3;13-29,34,36,39H,1-12H3;12-23,25-29,34,38H,24H2,1-11H3. The zero-order valence-electron chi connectivity index (χ0n) is 91.3. The topological polar surface area (TPSA) is 19.4 Å². The Balaban J connectivity index is 0.000000144. The Morgan fingerprint density at radius 2 is 0.504 bits per heavy atom. The Labute approximate surface area is 844 Å². The molecular weight excluding hydrogens is 1730 g/mol. The van der Waals surface area contributed by atoms with Crippen LogP contribution in [-0.2, 0) is 16.2 Å². The van der Waals surface area contributed by atoms with Crippen LogP contribution < -0.4 is 14.7 Å². The molecule has 10 aromatic rings. The molecule has 0 radical (unpaired) electrons. The van der Waals surface area contributed by atoms with Crippen LogP contribution in [0.2, 0.25) is 55.9 Å². The minimum absolute atomic E-state index is 0.0294. The molecule has 0 spiro atoms. The van der Waals surface area contributed by atoms with Crippen LogP contribution in [-0.4, -0.2) is 71.6 Å². The first-order chi connectivity index (χ1) is 65.0. The number of anilines is 9. The van der Waals surface area contributed by atoms with E-state index in [9.17, 15) is 0 Å². The molecule has 9 heteroatoms. The zero-order valence-corrected chi connectivity index (χ0v) is 94.3. The van der Waals surface area contributed by atoms with Gasteiger partial charge in [-0.3, -0.25) is 0 Å². The van der Waals surface area contributed by atoms with Crippen molar-refractivity contribution in [3.8, 4) is 0 Å². The summed E-state index contributed by atoms with van der Waals surface area (Å²) in [6.45, 7) is 85.0. The van der Waals surface area contributed by atoms with Crippen molar-refractivity contribution >= 4 is 92.6 Å². The zero-order chi connectivity index (χ0) is 100. The Bertz CT molecular complexity index is 6170. The van der Waals surface area contributed by atoms with Gasteiger partial charge in [-0.25, -0.2) is 0 Å². The Morgan fingerprint density at radius 3 is 0.799 bits per heavy atom. The highest BCUT2D eigenvalue weighted by Crippen LogP contribution is 2.69. The van der Waals surface area contributed by atoms with Crippen molar-refractivity contribution in [1.29, 1.82) is 0 Å². The fourth-order valence-corrected chi connectivity index (χ4v) is 52.2. The molecule has 6 nitrogen and oxygen atoms in total. The molecule has 19 rings (SSSR count). The van der Waals surface area contributed by atoms with Gasteiger partial charge in [-0.1, -0.05) is 303 Å². The molecule has 3 fully saturated rings. The number of nitrogens with zero attached hydrogens (tertiary/aromatic N) is 6. The van der Waals surface area contributed by atoms with Gasteiger partial charge in [0.1, 0.15) is 24.7 Å². The Morgan fingerprint density at radius 1 is 0.252 bits per heavy atom. The average molecular weight is 1900 g/mol. The average Bonchev–Trinajstić information content (AvgIpc) is 1.55. The summed E-state index contributed by atoms with van der Waals surface area (Å²) in [5.74, 6) is 6.52. The summed E-state index contributed by atoms with van der Waals surface area (Å²) in [6.07, 6.45) is 17.8. The molecule has 730 valence electrons. The number of rotatable bonds is 16. The van der Waals surface area contributed by atoms with E-state index in [0.29, 0.717) is 75.8 Å². The summed E-state index contributed by atoms with van der Waals surface area (Å²) in [5.41, 5.74) is 32.5. The monoisotopic (exact) mass is 1900 g/mol. The van der Waals surface area contributed by atoms with E-state index < -0.39 is 24.7 Å². The van der Waals surface area contributed by atoms with Crippen molar-refractivity contribution in [2.24, 2.45) is 59.2 Å². The van der Waals surface area contributed by atoms with E-state index >= 15 is 0 Å². The van der Waals surface area contributed by atoms with Crippen molar-refractivity contribution in [2.75, 3.05) is 14.7 Å². The van der Waals surface area contributed by atoms with Gasteiger partial charge in [-0.15, -0.1) is 0 Å². The van der Waals surface area contributed by atoms with Crippen LogP contribution in [0.15, 0.2) is 320 Å². The molecule has 9 aliphatic carbocycles. The molecule has 0 heterocycles. The lowest BCUT2D eigenvalue weighted by atomic mass is 9.73. The van der Waals surface area contributed by atoms with E-state index in [-0.39, 0.29) is 49.5 Å². The first-order valence-corrected chi connectivity index (χ1v) is 62.0. The number of hydrogen-bond donors (Lipinski definition) is 0. The second kappa shape index (κ2) is 36.5. The molecule has 139 heavy (non-hydrogen) atoms. The maximum Gasteiger partial charge on any atom is 0.127 e. The van der Waals surface area contributed by atoms with E-state index in [0.717, 1.165) is 5.92 Å². The van der Waals surface area contributed by atoms with Crippen LogP contribution in [0.4, 0.5) is 51.2 Å². The highest BCUT2D eigenvalue weighted by atomic mass is 28.3. The third kappa shape index (κ3) is 18.1. The number of fused-ring (bicyclic) bond motifs is 12. The molecule has 0 aromatic heterocycles. The lowest BCUT2D eigenvalue weighted by molar-refractivity contribution is 0.120. The lowest BCUT2D eigenvalue weighted by Gasteiger charge is -2.57. The van der Waals surface area contributed by atoms with Gasteiger partial charge in [0.25, 0.3) is 0 Å². The minimum Gasteiger partial charge on any atom is -0.314 e. The van der Waals surface area contributed by atoms with Crippen molar-refractivity contribution in [1.82, 2.24) is 13.7 Å². The van der Waals surface area contributed by atoms with Gasteiger partial charge in [-0.2, -0.15) is 0 Å². The highest BCUT2D eigenvalue weighted by molar-refractivity contribution is 6.77. The van der Waals surface area contributed by atoms with Crippen LogP contribution >= 0.6 is 0 Å². The van der Waals surface area contributed by atoms with Crippen LogP contribution in [0.1, 0.15) is 245 Å². The van der Waals surface area contributed by atoms with Crippen molar-refractivity contribution in [2.45, 2.75) is 312 Å². The molecule has 3 saturated carbocycles. The first-order valence-electron chi connectivity index (χ1n) is 53.0. The summed E-state index contributed by atoms with van der Waals surface area (Å²) in [6, 6.07) is 98.0.